The van der Waals surface area contributed by atoms with Gasteiger partial charge in [-0.3, -0.25) is 14.4 Å². The zero-order chi connectivity index (χ0) is 27.1. The molecule has 0 saturated carbocycles. The van der Waals surface area contributed by atoms with Gasteiger partial charge in [0.2, 0.25) is 5.91 Å². The number of likely N-dealkylation sites (tertiary alicyclic amines) is 1. The predicted octanol–water partition coefficient (Wildman–Crippen LogP) is 3.55. The van der Waals surface area contributed by atoms with Gasteiger partial charge in [-0.05, 0) is 56.5 Å². The number of carbonyl (C=O) groups excluding carboxylic acids is 2. The molecule has 3 aromatic rings. The number of benzene rings is 2. The van der Waals surface area contributed by atoms with Gasteiger partial charge in [-0.1, -0.05) is 43.1 Å². The van der Waals surface area contributed by atoms with Crippen molar-refractivity contribution in [1.82, 2.24) is 25.3 Å². The van der Waals surface area contributed by atoms with E-state index >= 15 is 0 Å². The van der Waals surface area contributed by atoms with Crippen LogP contribution in [0.5, 0.6) is 5.75 Å². The summed E-state index contributed by atoms with van der Waals surface area (Å²) in [6, 6.07) is 12.2. The molecule has 10 heteroatoms. The lowest BCUT2D eigenvalue weighted by molar-refractivity contribution is -0.120. The molecule has 0 radical (unpaired) electrons. The first-order chi connectivity index (χ1) is 18.4. The van der Waals surface area contributed by atoms with Crippen LogP contribution >= 0.6 is 11.6 Å². The predicted molar refractivity (Wildman–Crippen MR) is 148 cm³/mol. The number of ether oxygens (including phenoxy) is 1. The molecule has 4 rings (SSSR count). The summed E-state index contributed by atoms with van der Waals surface area (Å²) in [6.45, 7) is 4.66. The van der Waals surface area contributed by atoms with Crippen molar-refractivity contribution in [2.24, 2.45) is 0 Å². The number of nitrogens with one attached hydrogen (secondary N) is 2. The molecule has 0 aliphatic carbocycles. The Bertz CT molecular complexity index is 1360. The van der Waals surface area contributed by atoms with Crippen molar-refractivity contribution >= 4 is 34.2 Å². The Hall–Kier alpha value is -3.43. The lowest BCUT2D eigenvalue weighted by atomic mass is 10.00. The molecule has 1 aromatic heterocycles. The van der Waals surface area contributed by atoms with E-state index < -0.39 is 11.5 Å². The molecule has 1 fully saturated rings. The zero-order valence-corrected chi connectivity index (χ0v) is 22.6. The molecular weight excluding hydrogens is 506 g/mol. The van der Waals surface area contributed by atoms with E-state index in [1.165, 1.54) is 26.4 Å². The van der Waals surface area contributed by atoms with Gasteiger partial charge in [0, 0.05) is 24.5 Å². The Labute approximate surface area is 227 Å². The average Bonchev–Trinajstić information content (AvgIpc) is 2.94. The van der Waals surface area contributed by atoms with Gasteiger partial charge in [-0.2, -0.15) is 9.78 Å². The number of nitrogens with zero attached hydrogens (tertiary/aromatic N) is 3. The minimum absolute atomic E-state index is 0.0376. The third-order valence-electron chi connectivity index (χ3n) is 6.97. The quantitative estimate of drug-likeness (QED) is 0.382. The third kappa shape index (κ3) is 6.34. The summed E-state index contributed by atoms with van der Waals surface area (Å²) in [7, 11) is 1.50. The number of hydrogen-bond acceptors (Lipinski definition) is 6. The molecule has 2 heterocycles. The van der Waals surface area contributed by atoms with Crippen LogP contribution < -0.4 is 20.9 Å². The monoisotopic (exact) mass is 539 g/mol. The Morgan fingerprint density at radius 2 is 1.92 bits per heavy atom. The summed E-state index contributed by atoms with van der Waals surface area (Å²) in [6.07, 6.45) is 5.78. The van der Waals surface area contributed by atoms with Crippen molar-refractivity contribution in [3.63, 3.8) is 0 Å². The zero-order valence-electron chi connectivity index (χ0n) is 21.8. The van der Waals surface area contributed by atoms with Crippen molar-refractivity contribution in [2.45, 2.75) is 45.1 Å². The molecule has 0 bridgehead atoms. The average molecular weight is 540 g/mol. The molecule has 202 valence electrons. The Morgan fingerprint density at radius 1 is 1.13 bits per heavy atom. The smallest absolute Gasteiger partial charge is 0.279 e. The summed E-state index contributed by atoms with van der Waals surface area (Å²) in [5.74, 6) is -0.373. The number of amides is 2. The molecule has 1 atom stereocenters. The van der Waals surface area contributed by atoms with Gasteiger partial charge in [0.15, 0.2) is 5.69 Å². The lowest BCUT2D eigenvalue weighted by Gasteiger charge is -2.35. The highest BCUT2D eigenvalue weighted by atomic mass is 35.5. The van der Waals surface area contributed by atoms with E-state index in [-0.39, 0.29) is 18.1 Å². The summed E-state index contributed by atoms with van der Waals surface area (Å²) >= 11 is 6.25. The normalized spacial score (nSPS) is 15.8. The fourth-order valence-electron chi connectivity index (χ4n) is 4.95. The molecule has 9 nitrogen and oxygen atoms in total. The first kappa shape index (κ1) is 27.6. The Balaban J connectivity index is 1.42. The highest BCUT2D eigenvalue weighted by Gasteiger charge is 2.21. The second-order valence-electron chi connectivity index (χ2n) is 9.41. The van der Waals surface area contributed by atoms with Gasteiger partial charge in [0.1, 0.15) is 5.75 Å². The Kier molecular flexibility index (Phi) is 9.36. The van der Waals surface area contributed by atoms with Crippen LogP contribution in [0.15, 0.2) is 47.3 Å². The largest absolute Gasteiger partial charge is 0.495 e. The van der Waals surface area contributed by atoms with Crippen molar-refractivity contribution < 1.29 is 14.3 Å². The van der Waals surface area contributed by atoms with Gasteiger partial charge >= 0.3 is 0 Å². The van der Waals surface area contributed by atoms with E-state index in [4.69, 9.17) is 16.3 Å². The van der Waals surface area contributed by atoms with Gasteiger partial charge in [-0.25, -0.2) is 0 Å². The van der Waals surface area contributed by atoms with Crippen LogP contribution in [-0.4, -0.2) is 65.8 Å². The van der Waals surface area contributed by atoms with Crippen molar-refractivity contribution in [2.75, 3.05) is 33.3 Å². The van der Waals surface area contributed by atoms with E-state index in [2.05, 4.69) is 27.6 Å². The third-order valence-corrected chi connectivity index (χ3v) is 7.27. The van der Waals surface area contributed by atoms with Gasteiger partial charge in [0.05, 0.1) is 29.8 Å². The van der Waals surface area contributed by atoms with Crippen LogP contribution in [-0.2, 0) is 4.79 Å². The van der Waals surface area contributed by atoms with E-state index in [9.17, 15) is 14.4 Å². The molecule has 0 unspecified atom stereocenters. The van der Waals surface area contributed by atoms with Crippen molar-refractivity contribution in [3.05, 3.63) is 63.5 Å². The molecule has 2 aromatic carbocycles. The number of fused-ring (bicyclic) bond motifs is 1. The number of halogens is 1. The maximum atomic E-state index is 13.2. The van der Waals surface area contributed by atoms with Gasteiger partial charge in [-0.15, -0.1) is 0 Å². The number of hydrogen-bond donors (Lipinski definition) is 2. The molecule has 38 heavy (non-hydrogen) atoms. The van der Waals surface area contributed by atoms with E-state index in [0.29, 0.717) is 39.8 Å². The van der Waals surface area contributed by atoms with Crippen LogP contribution in [0.25, 0.3) is 16.5 Å². The minimum Gasteiger partial charge on any atom is -0.495 e. The van der Waals surface area contributed by atoms with Crippen molar-refractivity contribution in [3.8, 4) is 11.4 Å². The number of aromatic nitrogens is 2. The van der Waals surface area contributed by atoms with Gasteiger partial charge < -0.3 is 20.3 Å². The second-order valence-corrected chi connectivity index (χ2v) is 9.82. The Morgan fingerprint density at radius 3 is 2.66 bits per heavy atom. The second kappa shape index (κ2) is 12.9. The number of methoxy groups -OCH3 is 1. The summed E-state index contributed by atoms with van der Waals surface area (Å²) < 4.78 is 6.32. The number of rotatable bonds is 10. The minimum atomic E-state index is -0.552. The molecule has 2 amide bonds. The number of piperidine rings is 1. The molecule has 0 spiro atoms. The van der Waals surface area contributed by atoms with E-state index in [1.807, 2.05) is 0 Å². The molecule has 1 saturated heterocycles. The molecule has 2 N–H and O–H groups in total. The van der Waals surface area contributed by atoms with E-state index in [1.54, 1.807) is 42.5 Å². The summed E-state index contributed by atoms with van der Waals surface area (Å²) in [4.78, 5) is 41.2. The SMILES string of the molecule is CC[C@H]1CCCCN1CCCNC(=O)CNC(=O)c1nn(-c2ccc(OC)c(Cl)c2)c(=O)c2ccccc12. The first-order valence-electron chi connectivity index (χ1n) is 13.1. The maximum Gasteiger partial charge on any atom is 0.279 e. The highest BCUT2D eigenvalue weighted by molar-refractivity contribution is 6.32. The fourth-order valence-corrected chi connectivity index (χ4v) is 5.20. The van der Waals surface area contributed by atoms with Gasteiger partial charge in [0.25, 0.3) is 11.5 Å². The molecular formula is C28H34ClN5O4. The summed E-state index contributed by atoms with van der Waals surface area (Å²) in [5.41, 5.74) is 0.0307. The first-order valence-corrected chi connectivity index (χ1v) is 13.5. The summed E-state index contributed by atoms with van der Waals surface area (Å²) in [5, 5.41) is 10.9. The van der Waals surface area contributed by atoms with Crippen LogP contribution in [0.3, 0.4) is 0 Å². The number of carbonyl (C=O) groups is 2. The topological polar surface area (TPSA) is 106 Å². The van der Waals surface area contributed by atoms with Crippen LogP contribution in [0.4, 0.5) is 0 Å². The lowest BCUT2D eigenvalue weighted by Crippen LogP contribution is -2.41. The standard InChI is InChI=1S/C28H34ClN5O4/c1-3-19-9-6-7-15-33(19)16-8-14-30-25(35)18-31-27(36)26-21-10-4-5-11-22(21)28(37)34(32-26)20-12-13-24(38-2)23(29)17-20/h4-5,10-13,17,19H,3,6-9,14-16,18H2,1-2H3,(H,30,35)(H,31,36)/t19-/m0/s1. The molecule has 1 aliphatic rings. The van der Waals surface area contributed by atoms with Crippen LogP contribution in [0.1, 0.15) is 49.5 Å². The molecule has 1 aliphatic heterocycles. The van der Waals surface area contributed by atoms with Crippen LogP contribution in [0.2, 0.25) is 5.02 Å². The van der Waals surface area contributed by atoms with Crippen molar-refractivity contribution in [1.29, 1.82) is 0 Å². The maximum absolute atomic E-state index is 13.2. The van der Waals surface area contributed by atoms with E-state index in [0.717, 1.165) is 30.6 Å². The van der Waals surface area contributed by atoms with Crippen LogP contribution in [0, 0.1) is 0 Å². The highest BCUT2D eigenvalue weighted by Crippen LogP contribution is 2.26. The fraction of sp³-hybridized carbons (Fsp3) is 0.429.